The molecule has 1 unspecified atom stereocenters. The van der Waals surface area contributed by atoms with E-state index in [0.29, 0.717) is 12.2 Å². The van der Waals surface area contributed by atoms with E-state index in [1.807, 2.05) is 43.0 Å². The maximum absolute atomic E-state index is 13.3. The van der Waals surface area contributed by atoms with Crippen LogP contribution in [0.1, 0.15) is 43.5 Å². The number of allylic oxidation sites excluding steroid dienone is 2. The van der Waals surface area contributed by atoms with Gasteiger partial charge in [0.2, 0.25) is 0 Å². The summed E-state index contributed by atoms with van der Waals surface area (Å²) in [6.45, 7) is 3.91. The van der Waals surface area contributed by atoms with E-state index in [-0.39, 0.29) is 12.0 Å². The first kappa shape index (κ1) is 18.8. The number of anilines is 1. The fourth-order valence-electron chi connectivity index (χ4n) is 4.93. The van der Waals surface area contributed by atoms with Gasteiger partial charge >= 0.3 is 0 Å². The second kappa shape index (κ2) is 7.90. The molecule has 5 nitrogen and oxygen atoms in total. The van der Waals surface area contributed by atoms with Gasteiger partial charge in [-0.25, -0.2) is 9.97 Å². The minimum absolute atomic E-state index is 0.0335. The van der Waals surface area contributed by atoms with Crippen LogP contribution in [0.2, 0.25) is 0 Å². The fraction of sp³-hybridized carbons (Fsp3) is 0.320. The summed E-state index contributed by atoms with van der Waals surface area (Å²) in [5.41, 5.74) is 4.80. The molecule has 2 aliphatic rings. The fourth-order valence-corrected chi connectivity index (χ4v) is 4.93. The Labute approximate surface area is 177 Å². The van der Waals surface area contributed by atoms with Crippen molar-refractivity contribution < 1.29 is 4.79 Å². The molecule has 0 amide bonds. The molecular formula is C25H26N4O. The van der Waals surface area contributed by atoms with E-state index >= 15 is 0 Å². The van der Waals surface area contributed by atoms with E-state index < -0.39 is 0 Å². The zero-order valence-corrected chi connectivity index (χ0v) is 17.2. The number of hydrogen-bond acceptors (Lipinski definition) is 4. The molecule has 2 aliphatic heterocycles. The van der Waals surface area contributed by atoms with Crippen LogP contribution in [0.25, 0.3) is 11.1 Å². The normalized spacial score (nSPS) is 19.2. The maximum Gasteiger partial charge on any atom is 0.138 e. The van der Waals surface area contributed by atoms with E-state index in [4.69, 9.17) is 0 Å². The largest absolute Gasteiger partial charge is 0.357 e. The Morgan fingerprint density at radius 3 is 2.57 bits per heavy atom. The Morgan fingerprint density at radius 2 is 1.83 bits per heavy atom. The highest BCUT2D eigenvalue weighted by Crippen LogP contribution is 2.44. The van der Waals surface area contributed by atoms with Crippen LogP contribution >= 0.6 is 0 Å². The maximum atomic E-state index is 13.3. The van der Waals surface area contributed by atoms with E-state index in [2.05, 4.69) is 50.6 Å². The predicted octanol–water partition coefficient (Wildman–Crippen LogP) is 4.64. The molecular weight excluding hydrogens is 372 g/mol. The SMILES string of the molecule is CC1=C(c2ccccc2)C(CC(=O)C2CCN(c3ccccn3)CC2)n2cncc21. The molecule has 0 saturated carbocycles. The summed E-state index contributed by atoms with van der Waals surface area (Å²) in [5, 5.41) is 0. The van der Waals surface area contributed by atoms with Crippen LogP contribution in [0.15, 0.2) is 67.3 Å². The van der Waals surface area contributed by atoms with Crippen LogP contribution in [0.3, 0.4) is 0 Å². The zero-order chi connectivity index (χ0) is 20.5. The van der Waals surface area contributed by atoms with Crippen LogP contribution in [0.4, 0.5) is 5.82 Å². The molecule has 4 heterocycles. The number of hydrogen-bond donors (Lipinski definition) is 0. The lowest BCUT2D eigenvalue weighted by Crippen LogP contribution is -2.37. The number of imidazole rings is 1. The first-order chi connectivity index (χ1) is 14.7. The average molecular weight is 399 g/mol. The molecule has 2 aromatic heterocycles. The van der Waals surface area contributed by atoms with Gasteiger partial charge in [0.25, 0.3) is 0 Å². The molecule has 0 radical (unpaired) electrons. The summed E-state index contributed by atoms with van der Waals surface area (Å²) in [4.78, 5) is 24.4. The second-order valence-electron chi connectivity index (χ2n) is 8.23. The molecule has 0 N–H and O–H groups in total. The third kappa shape index (κ3) is 3.34. The number of ketones is 1. The molecule has 1 aromatic carbocycles. The van der Waals surface area contributed by atoms with Gasteiger partial charge in [-0.05, 0) is 48.6 Å². The Morgan fingerprint density at radius 1 is 1.07 bits per heavy atom. The molecule has 152 valence electrons. The van der Waals surface area contributed by atoms with Crippen LogP contribution < -0.4 is 4.90 Å². The second-order valence-corrected chi connectivity index (χ2v) is 8.23. The van der Waals surface area contributed by atoms with Gasteiger partial charge in [-0.1, -0.05) is 36.4 Å². The van der Waals surface area contributed by atoms with E-state index in [9.17, 15) is 4.79 Å². The highest BCUT2D eigenvalue weighted by Gasteiger charge is 2.34. The van der Waals surface area contributed by atoms with E-state index in [0.717, 1.165) is 37.4 Å². The van der Waals surface area contributed by atoms with E-state index in [1.54, 1.807) is 0 Å². The van der Waals surface area contributed by atoms with Crippen molar-refractivity contribution in [1.29, 1.82) is 0 Å². The molecule has 0 aliphatic carbocycles. The van der Waals surface area contributed by atoms with Gasteiger partial charge in [0.1, 0.15) is 11.6 Å². The van der Waals surface area contributed by atoms with Crippen molar-refractivity contribution in [3.8, 4) is 0 Å². The minimum atomic E-state index is 0.0335. The lowest BCUT2D eigenvalue weighted by molar-refractivity contribution is -0.123. The summed E-state index contributed by atoms with van der Waals surface area (Å²) < 4.78 is 2.18. The van der Waals surface area contributed by atoms with Crippen LogP contribution in [0.5, 0.6) is 0 Å². The third-order valence-electron chi connectivity index (χ3n) is 6.53. The summed E-state index contributed by atoms with van der Waals surface area (Å²) in [6, 6.07) is 16.5. The Hall–Kier alpha value is -3.21. The first-order valence-electron chi connectivity index (χ1n) is 10.7. The zero-order valence-electron chi connectivity index (χ0n) is 17.2. The summed E-state index contributed by atoms with van der Waals surface area (Å²) in [7, 11) is 0. The van der Waals surface area contributed by atoms with Gasteiger partial charge in [0, 0.05) is 31.6 Å². The number of rotatable bonds is 5. The van der Waals surface area contributed by atoms with Crippen molar-refractivity contribution >= 4 is 22.7 Å². The highest BCUT2D eigenvalue weighted by molar-refractivity contribution is 5.96. The monoisotopic (exact) mass is 398 g/mol. The molecule has 1 atom stereocenters. The van der Waals surface area contributed by atoms with Crippen LogP contribution in [-0.4, -0.2) is 33.4 Å². The van der Waals surface area contributed by atoms with Gasteiger partial charge in [-0.2, -0.15) is 0 Å². The quantitative estimate of drug-likeness (QED) is 0.628. The van der Waals surface area contributed by atoms with Gasteiger partial charge in [0.15, 0.2) is 0 Å². The molecule has 1 saturated heterocycles. The van der Waals surface area contributed by atoms with Crippen LogP contribution in [0, 0.1) is 5.92 Å². The van der Waals surface area contributed by atoms with Crippen molar-refractivity contribution in [3.05, 3.63) is 78.5 Å². The summed E-state index contributed by atoms with van der Waals surface area (Å²) >= 11 is 0. The summed E-state index contributed by atoms with van der Waals surface area (Å²) in [5.74, 6) is 1.49. The van der Waals surface area contributed by atoms with Gasteiger partial charge in [-0.3, -0.25) is 4.79 Å². The van der Waals surface area contributed by atoms with E-state index in [1.165, 1.54) is 16.7 Å². The lowest BCUT2D eigenvalue weighted by Gasteiger charge is -2.32. The molecule has 3 aromatic rings. The first-order valence-corrected chi connectivity index (χ1v) is 10.7. The van der Waals surface area contributed by atoms with Crippen molar-refractivity contribution in [2.24, 2.45) is 5.92 Å². The van der Waals surface area contributed by atoms with Gasteiger partial charge < -0.3 is 9.47 Å². The lowest BCUT2D eigenvalue weighted by atomic mass is 9.86. The third-order valence-corrected chi connectivity index (χ3v) is 6.53. The Bertz CT molecular complexity index is 1060. The number of carbonyl (C=O) groups is 1. The minimum Gasteiger partial charge on any atom is -0.357 e. The Kier molecular flexibility index (Phi) is 4.95. The van der Waals surface area contributed by atoms with Crippen molar-refractivity contribution in [2.75, 3.05) is 18.0 Å². The number of Topliss-reactive ketones (excluding diaryl/α,β-unsaturated/α-hetero) is 1. The van der Waals surface area contributed by atoms with Gasteiger partial charge in [-0.15, -0.1) is 0 Å². The number of fused-ring (bicyclic) bond motifs is 1. The molecule has 0 bridgehead atoms. The number of piperidine rings is 1. The van der Waals surface area contributed by atoms with Crippen molar-refractivity contribution in [2.45, 2.75) is 32.2 Å². The van der Waals surface area contributed by atoms with Crippen LogP contribution in [-0.2, 0) is 4.79 Å². The number of pyridine rings is 1. The molecule has 0 spiro atoms. The highest BCUT2D eigenvalue weighted by atomic mass is 16.1. The Balaban J connectivity index is 1.32. The number of benzene rings is 1. The topological polar surface area (TPSA) is 51.0 Å². The molecule has 1 fully saturated rings. The number of aromatic nitrogens is 3. The number of carbonyl (C=O) groups excluding carboxylic acids is 1. The molecule has 30 heavy (non-hydrogen) atoms. The smallest absolute Gasteiger partial charge is 0.138 e. The number of nitrogens with zero attached hydrogens (tertiary/aromatic N) is 4. The van der Waals surface area contributed by atoms with Crippen molar-refractivity contribution in [3.63, 3.8) is 0 Å². The average Bonchev–Trinajstić information content (AvgIpc) is 3.38. The van der Waals surface area contributed by atoms with Crippen molar-refractivity contribution in [1.82, 2.24) is 14.5 Å². The summed E-state index contributed by atoms with van der Waals surface area (Å²) in [6.07, 6.45) is 7.92. The van der Waals surface area contributed by atoms with Gasteiger partial charge in [0.05, 0.1) is 24.3 Å². The molecule has 5 heteroatoms. The predicted molar refractivity (Wildman–Crippen MR) is 119 cm³/mol. The molecule has 5 rings (SSSR count). The standard InChI is InChI=1S/C25H26N4O/c1-18-22-16-26-17-29(22)21(25(18)20-7-3-2-4-8-20)15-23(30)19-10-13-28(14-11-19)24-9-5-6-12-27-24/h2-9,12,16-17,19,21H,10-11,13-15H2,1H3.